The molecule has 204 valence electrons. The van der Waals surface area contributed by atoms with Crippen LogP contribution in [0, 0.1) is 11.8 Å². The van der Waals surface area contributed by atoms with E-state index in [1.165, 1.54) is 64.9 Å². The van der Waals surface area contributed by atoms with E-state index in [1.807, 2.05) is 28.8 Å². The summed E-state index contributed by atoms with van der Waals surface area (Å²) in [5, 5.41) is 13.3. The highest BCUT2D eigenvalue weighted by atomic mass is 16.6. The first-order chi connectivity index (χ1) is 18.5. The van der Waals surface area contributed by atoms with E-state index in [0.717, 1.165) is 35.7 Å². The Balaban J connectivity index is 1.32. The zero-order valence-corrected chi connectivity index (χ0v) is 22.4. The van der Waals surface area contributed by atoms with Crippen molar-refractivity contribution in [3.8, 4) is 0 Å². The number of hydrogen-bond donors (Lipinski definition) is 1. The molecule has 0 amide bonds. The molecule has 1 aromatic heterocycles. The second-order valence-corrected chi connectivity index (χ2v) is 12.1. The Morgan fingerprint density at radius 2 is 1.63 bits per heavy atom. The third-order valence-corrected chi connectivity index (χ3v) is 9.75. The zero-order valence-electron chi connectivity index (χ0n) is 22.4. The van der Waals surface area contributed by atoms with Crippen LogP contribution >= 0.6 is 0 Å². The predicted molar refractivity (Wildman–Crippen MR) is 146 cm³/mol. The van der Waals surface area contributed by atoms with Gasteiger partial charge in [-0.3, -0.25) is 14.5 Å². The molecule has 8 nitrogen and oxygen atoms in total. The van der Waals surface area contributed by atoms with Crippen molar-refractivity contribution in [3.63, 3.8) is 0 Å². The van der Waals surface area contributed by atoms with E-state index in [1.54, 1.807) is 0 Å². The van der Waals surface area contributed by atoms with E-state index in [4.69, 9.17) is 4.84 Å². The summed E-state index contributed by atoms with van der Waals surface area (Å²) in [6.45, 7) is 0. The summed E-state index contributed by atoms with van der Waals surface area (Å²) < 4.78 is 1.95. The van der Waals surface area contributed by atoms with Gasteiger partial charge in [-0.15, -0.1) is 0 Å². The molecule has 2 aromatic rings. The van der Waals surface area contributed by atoms with Gasteiger partial charge in [0.1, 0.15) is 12.8 Å². The SMILES string of the molecule is CON=C(CCC(=O)O)c1nc2ccccc2n(C2C[C@H]3CC[C@@H](C2)N3C2CC3CCCCC(C3)C2)c1=O. The van der Waals surface area contributed by atoms with Gasteiger partial charge in [-0.2, -0.15) is 0 Å². The Bertz CT molecular complexity index is 1240. The summed E-state index contributed by atoms with van der Waals surface area (Å²) in [6.07, 6.45) is 14.1. The molecule has 8 heteroatoms. The molecule has 0 spiro atoms. The maximum absolute atomic E-state index is 14.0. The molecule has 2 aliphatic carbocycles. The fourth-order valence-electron chi connectivity index (χ4n) is 8.35. The third kappa shape index (κ3) is 4.88. The fourth-order valence-corrected chi connectivity index (χ4v) is 8.35. The first-order valence-corrected chi connectivity index (χ1v) is 14.6. The molecule has 5 atom stereocenters. The fraction of sp³-hybridized carbons (Fsp3) is 0.667. The molecule has 3 heterocycles. The summed E-state index contributed by atoms with van der Waals surface area (Å²) in [4.78, 5) is 37.9. The molecular formula is C30H40N4O4. The van der Waals surface area contributed by atoms with Gasteiger partial charge in [-0.05, 0) is 68.9 Å². The summed E-state index contributed by atoms with van der Waals surface area (Å²) in [5.74, 6) is 0.857. The molecule has 4 bridgehead atoms. The second kappa shape index (κ2) is 10.8. The van der Waals surface area contributed by atoms with E-state index in [2.05, 4.69) is 15.0 Å². The Labute approximate surface area is 224 Å². The Kier molecular flexibility index (Phi) is 7.25. The number of aromatic nitrogens is 2. The minimum absolute atomic E-state index is 0.0945. The standard InChI is InChI=1S/C30H40N4O4/c1-38-32-26(12-13-28(35)36)29-30(37)34(27-9-5-4-8-25(27)31-29)24-17-21-10-11-22(18-24)33(21)23-15-19-6-2-3-7-20(14-19)16-23/h4-5,8-9,19-24H,2-3,6-7,10-18H2,1H3,(H,35,36)/t19?,20?,21-,22+,23?,24?. The first-order valence-electron chi connectivity index (χ1n) is 14.6. The van der Waals surface area contributed by atoms with Crippen LogP contribution in [0.3, 0.4) is 0 Å². The number of benzene rings is 1. The Hall–Kier alpha value is -2.74. The monoisotopic (exact) mass is 520 g/mol. The number of aliphatic carboxylic acids is 1. The van der Waals surface area contributed by atoms with Crippen molar-refractivity contribution in [3.05, 3.63) is 40.3 Å². The Morgan fingerprint density at radius 3 is 2.29 bits per heavy atom. The lowest BCUT2D eigenvalue weighted by Gasteiger charge is -2.48. The summed E-state index contributed by atoms with van der Waals surface area (Å²) in [5.41, 5.74) is 1.89. The molecule has 4 aliphatic rings. The first kappa shape index (κ1) is 25.5. The average Bonchev–Trinajstić information content (AvgIpc) is 3.06. The van der Waals surface area contributed by atoms with Crippen LogP contribution in [0.4, 0.5) is 0 Å². The van der Waals surface area contributed by atoms with Gasteiger partial charge in [0.25, 0.3) is 5.56 Å². The second-order valence-electron chi connectivity index (χ2n) is 12.1. The molecule has 0 radical (unpaired) electrons. The molecule has 38 heavy (non-hydrogen) atoms. The van der Waals surface area contributed by atoms with Crippen molar-refractivity contribution in [1.82, 2.24) is 14.5 Å². The van der Waals surface area contributed by atoms with E-state index < -0.39 is 5.97 Å². The quantitative estimate of drug-likeness (QED) is 0.401. The highest BCUT2D eigenvalue weighted by molar-refractivity contribution is 6.00. The van der Waals surface area contributed by atoms with Crippen LogP contribution in [0.2, 0.25) is 0 Å². The van der Waals surface area contributed by atoms with Gasteiger partial charge in [0.05, 0.1) is 17.5 Å². The van der Waals surface area contributed by atoms with Gasteiger partial charge < -0.3 is 14.5 Å². The average molecular weight is 521 g/mol. The molecule has 4 fully saturated rings. The van der Waals surface area contributed by atoms with E-state index in [0.29, 0.717) is 23.8 Å². The van der Waals surface area contributed by atoms with Crippen LogP contribution in [0.15, 0.2) is 34.2 Å². The summed E-state index contributed by atoms with van der Waals surface area (Å²) in [6, 6.07) is 9.62. The molecule has 3 unspecified atom stereocenters. The summed E-state index contributed by atoms with van der Waals surface area (Å²) in [7, 11) is 1.41. The number of piperidine rings is 1. The molecule has 2 saturated heterocycles. The third-order valence-electron chi connectivity index (χ3n) is 9.75. The number of carbonyl (C=O) groups is 1. The largest absolute Gasteiger partial charge is 0.481 e. The van der Waals surface area contributed by atoms with Crippen molar-refractivity contribution in [2.45, 2.75) is 108 Å². The van der Waals surface area contributed by atoms with Gasteiger partial charge in [0, 0.05) is 30.6 Å². The predicted octanol–water partition coefficient (Wildman–Crippen LogP) is 5.14. The normalized spacial score (nSPS) is 31.8. The molecule has 2 aliphatic heterocycles. The topological polar surface area (TPSA) is 97.0 Å². The van der Waals surface area contributed by atoms with Crippen LogP contribution in [0.1, 0.15) is 95.2 Å². The Morgan fingerprint density at radius 1 is 0.947 bits per heavy atom. The smallest absolute Gasteiger partial charge is 0.303 e. The van der Waals surface area contributed by atoms with Crippen molar-refractivity contribution >= 4 is 22.7 Å². The molecular weight excluding hydrogens is 480 g/mol. The number of nitrogens with zero attached hydrogens (tertiary/aromatic N) is 4. The highest BCUT2D eigenvalue weighted by Gasteiger charge is 2.47. The zero-order chi connectivity index (χ0) is 26.2. The number of rotatable bonds is 7. The van der Waals surface area contributed by atoms with Crippen molar-refractivity contribution < 1.29 is 14.7 Å². The van der Waals surface area contributed by atoms with Crippen LogP contribution in [0.25, 0.3) is 11.0 Å². The van der Waals surface area contributed by atoms with E-state index in [-0.39, 0.29) is 30.1 Å². The van der Waals surface area contributed by atoms with Crippen molar-refractivity contribution in [2.75, 3.05) is 7.11 Å². The van der Waals surface area contributed by atoms with Crippen LogP contribution in [-0.2, 0) is 9.63 Å². The van der Waals surface area contributed by atoms with Gasteiger partial charge in [0.15, 0.2) is 5.69 Å². The van der Waals surface area contributed by atoms with E-state index in [9.17, 15) is 14.7 Å². The molecule has 2 saturated carbocycles. The van der Waals surface area contributed by atoms with Gasteiger partial charge in [0.2, 0.25) is 0 Å². The van der Waals surface area contributed by atoms with Crippen molar-refractivity contribution in [2.24, 2.45) is 17.0 Å². The summed E-state index contributed by atoms with van der Waals surface area (Å²) >= 11 is 0. The lowest BCUT2D eigenvalue weighted by molar-refractivity contribution is -0.136. The number of para-hydroxylation sites is 2. The maximum atomic E-state index is 14.0. The minimum atomic E-state index is -0.943. The highest BCUT2D eigenvalue weighted by Crippen LogP contribution is 2.47. The van der Waals surface area contributed by atoms with Gasteiger partial charge >= 0.3 is 5.97 Å². The number of oxime groups is 1. The van der Waals surface area contributed by atoms with Crippen molar-refractivity contribution in [1.29, 1.82) is 0 Å². The molecule has 6 rings (SSSR count). The van der Waals surface area contributed by atoms with E-state index >= 15 is 0 Å². The maximum Gasteiger partial charge on any atom is 0.303 e. The van der Waals surface area contributed by atoms with Gasteiger partial charge in [-0.25, -0.2) is 4.98 Å². The number of hydrogen-bond acceptors (Lipinski definition) is 6. The lowest BCUT2D eigenvalue weighted by atomic mass is 9.76. The lowest BCUT2D eigenvalue weighted by Crippen LogP contribution is -2.52. The molecule has 1 N–H and O–H groups in total. The van der Waals surface area contributed by atoms with Crippen LogP contribution in [-0.4, -0.2) is 56.5 Å². The minimum Gasteiger partial charge on any atom is -0.481 e. The number of carboxylic acid groups (broad SMARTS) is 1. The van der Waals surface area contributed by atoms with Gasteiger partial charge in [-0.1, -0.05) is 43.0 Å². The number of fused-ring (bicyclic) bond motifs is 5. The van der Waals surface area contributed by atoms with Crippen LogP contribution in [0.5, 0.6) is 0 Å². The molecule has 1 aromatic carbocycles. The van der Waals surface area contributed by atoms with Crippen LogP contribution < -0.4 is 5.56 Å². The number of carboxylic acids is 1.